The van der Waals surface area contributed by atoms with Crippen molar-refractivity contribution in [2.24, 2.45) is 0 Å². The van der Waals surface area contributed by atoms with Crippen molar-refractivity contribution in [2.75, 3.05) is 7.11 Å². The molecule has 27 heavy (non-hydrogen) atoms. The van der Waals surface area contributed by atoms with Crippen LogP contribution in [0.3, 0.4) is 0 Å². The van der Waals surface area contributed by atoms with E-state index in [1.807, 2.05) is 43.3 Å². The first-order valence-corrected chi connectivity index (χ1v) is 9.14. The lowest BCUT2D eigenvalue weighted by molar-refractivity contribution is -0.140. The molecule has 1 aromatic heterocycles. The van der Waals surface area contributed by atoms with Crippen molar-refractivity contribution in [2.45, 2.75) is 45.8 Å². The van der Waals surface area contributed by atoms with Gasteiger partial charge >= 0.3 is 0 Å². The number of nitrogens with zero attached hydrogens (tertiary/aromatic N) is 2. The highest BCUT2D eigenvalue weighted by Crippen LogP contribution is 2.16. The van der Waals surface area contributed by atoms with Crippen LogP contribution in [0.2, 0.25) is 0 Å². The lowest BCUT2D eigenvalue weighted by Gasteiger charge is -2.29. The van der Waals surface area contributed by atoms with Crippen molar-refractivity contribution in [3.63, 3.8) is 0 Å². The summed E-state index contributed by atoms with van der Waals surface area (Å²) in [4.78, 5) is 30.8. The van der Waals surface area contributed by atoms with Gasteiger partial charge in [0.1, 0.15) is 11.8 Å². The zero-order chi connectivity index (χ0) is 19.6. The highest BCUT2D eigenvalue weighted by molar-refractivity contribution is 5.87. The molecule has 1 N–H and O–H groups in total. The Labute approximate surface area is 160 Å². The molecule has 0 spiro atoms. The molecule has 2 aromatic rings. The molecule has 0 radical (unpaired) electrons. The number of nitrogens with one attached hydrogen (secondary N) is 1. The number of amides is 2. The van der Waals surface area contributed by atoms with Crippen LogP contribution in [0.15, 0.2) is 48.8 Å². The van der Waals surface area contributed by atoms with Gasteiger partial charge in [0.05, 0.1) is 7.11 Å². The highest BCUT2D eigenvalue weighted by atomic mass is 16.5. The van der Waals surface area contributed by atoms with Gasteiger partial charge in [0, 0.05) is 31.9 Å². The van der Waals surface area contributed by atoms with Gasteiger partial charge in [-0.15, -0.1) is 0 Å². The van der Waals surface area contributed by atoms with Crippen molar-refractivity contribution in [3.8, 4) is 5.75 Å². The molecule has 0 fully saturated rings. The van der Waals surface area contributed by atoms with Crippen molar-refractivity contribution >= 4 is 11.8 Å². The largest absolute Gasteiger partial charge is 0.497 e. The fourth-order valence-electron chi connectivity index (χ4n) is 2.71. The number of ether oxygens (including phenoxy) is 1. The van der Waals surface area contributed by atoms with Crippen molar-refractivity contribution in [1.82, 2.24) is 15.2 Å². The number of carbonyl (C=O) groups is 2. The van der Waals surface area contributed by atoms with Crippen LogP contribution >= 0.6 is 0 Å². The molecule has 6 nitrogen and oxygen atoms in total. The molecule has 0 aliphatic heterocycles. The van der Waals surface area contributed by atoms with E-state index >= 15 is 0 Å². The number of methoxy groups -OCH3 is 1. The summed E-state index contributed by atoms with van der Waals surface area (Å²) in [6, 6.07) is 10.7. The van der Waals surface area contributed by atoms with Gasteiger partial charge < -0.3 is 15.0 Å². The molecule has 0 unspecified atom stereocenters. The van der Waals surface area contributed by atoms with Crippen LogP contribution in [0.5, 0.6) is 5.75 Å². The molecule has 0 aliphatic carbocycles. The van der Waals surface area contributed by atoms with Gasteiger partial charge in [0.25, 0.3) is 0 Å². The minimum absolute atomic E-state index is 0.0279. The monoisotopic (exact) mass is 369 g/mol. The first-order valence-electron chi connectivity index (χ1n) is 9.14. The molecule has 2 rings (SSSR count). The number of benzene rings is 1. The molecule has 0 saturated carbocycles. The average molecular weight is 369 g/mol. The zero-order valence-electron chi connectivity index (χ0n) is 16.1. The van der Waals surface area contributed by atoms with E-state index in [1.165, 1.54) is 0 Å². The van der Waals surface area contributed by atoms with Crippen LogP contribution in [-0.4, -0.2) is 34.8 Å². The fraction of sp³-hybridized carbons (Fsp3) is 0.381. The first-order chi connectivity index (χ1) is 13.0. The fourth-order valence-corrected chi connectivity index (χ4v) is 2.71. The topological polar surface area (TPSA) is 71.5 Å². The predicted octanol–water partition coefficient (Wildman–Crippen LogP) is 2.92. The standard InChI is InChI=1S/C21H27N3O3/c1-4-5-20(25)24(15-18-6-8-19(27-3)9-7-18)16(2)21(26)23-14-17-10-12-22-13-11-17/h6-13,16H,4-5,14-15H2,1-3H3,(H,23,26)/t16-/m1/s1. The number of carbonyl (C=O) groups excluding carboxylic acids is 2. The molecule has 144 valence electrons. The van der Waals surface area contributed by atoms with Crippen LogP contribution < -0.4 is 10.1 Å². The second-order valence-corrected chi connectivity index (χ2v) is 6.37. The van der Waals surface area contributed by atoms with E-state index < -0.39 is 6.04 Å². The van der Waals surface area contributed by atoms with Crippen LogP contribution in [0, 0.1) is 0 Å². The lowest BCUT2D eigenvalue weighted by atomic mass is 10.1. The third-order valence-electron chi connectivity index (χ3n) is 4.36. The van der Waals surface area contributed by atoms with E-state index in [4.69, 9.17) is 4.74 Å². The van der Waals surface area contributed by atoms with E-state index in [2.05, 4.69) is 10.3 Å². The molecule has 1 heterocycles. The number of hydrogen-bond donors (Lipinski definition) is 1. The van der Waals surface area contributed by atoms with Crippen molar-refractivity contribution in [3.05, 3.63) is 59.9 Å². The minimum atomic E-state index is -0.562. The summed E-state index contributed by atoms with van der Waals surface area (Å²) in [6.45, 7) is 4.51. The Morgan fingerprint density at radius 3 is 2.37 bits per heavy atom. The zero-order valence-corrected chi connectivity index (χ0v) is 16.1. The quantitative estimate of drug-likeness (QED) is 0.738. The van der Waals surface area contributed by atoms with Gasteiger partial charge in [0.2, 0.25) is 11.8 Å². The Balaban J connectivity index is 2.06. The number of rotatable bonds is 9. The number of aromatic nitrogens is 1. The highest BCUT2D eigenvalue weighted by Gasteiger charge is 2.25. The summed E-state index contributed by atoms with van der Waals surface area (Å²) in [6.07, 6.45) is 4.53. The summed E-state index contributed by atoms with van der Waals surface area (Å²) in [5.74, 6) is 0.554. The smallest absolute Gasteiger partial charge is 0.242 e. The Hall–Kier alpha value is -2.89. The number of pyridine rings is 1. The molecule has 1 aromatic carbocycles. The summed E-state index contributed by atoms with van der Waals surface area (Å²) >= 11 is 0. The molecule has 1 atom stereocenters. The Morgan fingerprint density at radius 1 is 1.11 bits per heavy atom. The second-order valence-electron chi connectivity index (χ2n) is 6.37. The lowest BCUT2D eigenvalue weighted by Crippen LogP contribution is -2.47. The second kappa shape index (κ2) is 10.3. The van der Waals surface area contributed by atoms with Crippen molar-refractivity contribution < 1.29 is 14.3 Å². The van der Waals surface area contributed by atoms with Gasteiger partial charge in [-0.1, -0.05) is 19.1 Å². The van der Waals surface area contributed by atoms with E-state index in [0.717, 1.165) is 23.3 Å². The predicted molar refractivity (Wildman–Crippen MR) is 104 cm³/mol. The third kappa shape index (κ3) is 6.09. The number of hydrogen-bond acceptors (Lipinski definition) is 4. The maximum Gasteiger partial charge on any atom is 0.242 e. The molecular formula is C21H27N3O3. The van der Waals surface area contributed by atoms with Gasteiger partial charge in [-0.3, -0.25) is 14.6 Å². The van der Waals surface area contributed by atoms with Crippen LogP contribution in [0.4, 0.5) is 0 Å². The Morgan fingerprint density at radius 2 is 1.78 bits per heavy atom. The van der Waals surface area contributed by atoms with E-state index in [1.54, 1.807) is 31.3 Å². The van der Waals surface area contributed by atoms with Gasteiger partial charge in [-0.25, -0.2) is 0 Å². The maximum absolute atomic E-state index is 12.6. The van der Waals surface area contributed by atoms with E-state index in [-0.39, 0.29) is 11.8 Å². The van der Waals surface area contributed by atoms with E-state index in [0.29, 0.717) is 19.5 Å². The molecule has 0 aliphatic rings. The van der Waals surface area contributed by atoms with Crippen molar-refractivity contribution in [1.29, 1.82) is 0 Å². The Kier molecular flexibility index (Phi) is 7.79. The molecular weight excluding hydrogens is 342 g/mol. The summed E-state index contributed by atoms with van der Waals surface area (Å²) in [5.41, 5.74) is 1.92. The maximum atomic E-state index is 12.6. The molecule has 2 amide bonds. The van der Waals surface area contributed by atoms with E-state index in [9.17, 15) is 9.59 Å². The molecule has 0 bridgehead atoms. The normalized spacial score (nSPS) is 11.5. The van der Waals surface area contributed by atoms with Crippen LogP contribution in [0.1, 0.15) is 37.8 Å². The van der Waals surface area contributed by atoms with Gasteiger partial charge in [0.15, 0.2) is 0 Å². The summed E-state index contributed by atoms with van der Waals surface area (Å²) in [5, 5.41) is 2.90. The summed E-state index contributed by atoms with van der Waals surface area (Å²) in [7, 11) is 1.61. The summed E-state index contributed by atoms with van der Waals surface area (Å²) < 4.78 is 5.17. The SMILES string of the molecule is CCCC(=O)N(Cc1ccc(OC)cc1)[C@H](C)C(=O)NCc1ccncc1. The van der Waals surface area contributed by atoms with Gasteiger partial charge in [-0.2, -0.15) is 0 Å². The average Bonchev–Trinajstić information content (AvgIpc) is 2.71. The third-order valence-corrected chi connectivity index (χ3v) is 4.36. The van der Waals surface area contributed by atoms with Gasteiger partial charge in [-0.05, 0) is 48.7 Å². The first kappa shape index (κ1) is 20.4. The van der Waals surface area contributed by atoms with Crippen LogP contribution in [0.25, 0.3) is 0 Å². The Bertz CT molecular complexity index is 732. The van der Waals surface area contributed by atoms with Crippen LogP contribution in [-0.2, 0) is 22.7 Å². The molecule has 6 heteroatoms. The molecule has 0 saturated heterocycles. The minimum Gasteiger partial charge on any atom is -0.497 e.